The van der Waals surface area contributed by atoms with Gasteiger partial charge in [0.25, 0.3) is 0 Å². The van der Waals surface area contributed by atoms with Gasteiger partial charge in [0.05, 0.1) is 6.04 Å². The third kappa shape index (κ3) is 4.49. The Labute approximate surface area is 98.1 Å². The summed E-state index contributed by atoms with van der Waals surface area (Å²) in [6.45, 7) is 4.63. The highest BCUT2D eigenvalue weighted by Crippen LogP contribution is 2.15. The van der Waals surface area contributed by atoms with Gasteiger partial charge in [0.1, 0.15) is 0 Å². The molecule has 1 aliphatic heterocycles. The number of carbonyl (C=O) groups is 1. The van der Waals surface area contributed by atoms with Gasteiger partial charge in [-0.1, -0.05) is 6.92 Å². The zero-order valence-electron chi connectivity index (χ0n) is 10.4. The van der Waals surface area contributed by atoms with Crippen molar-refractivity contribution in [2.45, 2.75) is 38.6 Å². The molecule has 0 radical (unpaired) electrons. The van der Waals surface area contributed by atoms with Crippen LogP contribution in [0.5, 0.6) is 0 Å². The van der Waals surface area contributed by atoms with Gasteiger partial charge >= 0.3 is 0 Å². The highest BCUT2D eigenvalue weighted by molar-refractivity contribution is 5.82. The molecule has 1 saturated heterocycles. The maximum absolute atomic E-state index is 11.8. The first kappa shape index (κ1) is 13.5. The van der Waals surface area contributed by atoms with Crippen LogP contribution in [0.4, 0.5) is 0 Å². The second kappa shape index (κ2) is 7.63. The molecule has 0 spiro atoms. The highest BCUT2D eigenvalue weighted by atomic mass is 16.5. The van der Waals surface area contributed by atoms with E-state index in [1.807, 2.05) is 0 Å². The lowest BCUT2D eigenvalue weighted by molar-refractivity contribution is -0.124. The first-order valence-electron chi connectivity index (χ1n) is 6.25. The van der Waals surface area contributed by atoms with Crippen molar-refractivity contribution >= 4 is 5.91 Å². The fourth-order valence-electron chi connectivity index (χ4n) is 2.09. The molecule has 1 amide bonds. The third-order valence-corrected chi connectivity index (χ3v) is 3.13. The molecule has 0 bridgehead atoms. The second-order valence-electron chi connectivity index (χ2n) is 4.54. The van der Waals surface area contributed by atoms with Gasteiger partial charge < -0.3 is 15.4 Å². The van der Waals surface area contributed by atoms with Gasteiger partial charge in [0.2, 0.25) is 5.91 Å². The number of rotatable bonds is 6. The molecule has 2 N–H and O–H groups in total. The van der Waals surface area contributed by atoms with Gasteiger partial charge in [-0.05, 0) is 38.1 Å². The van der Waals surface area contributed by atoms with Gasteiger partial charge in [-0.15, -0.1) is 0 Å². The summed E-state index contributed by atoms with van der Waals surface area (Å²) in [4.78, 5) is 11.8. The summed E-state index contributed by atoms with van der Waals surface area (Å²) < 4.78 is 4.96. The Morgan fingerprint density at radius 3 is 3.00 bits per heavy atom. The summed E-state index contributed by atoms with van der Waals surface area (Å²) >= 11 is 0. The molecule has 16 heavy (non-hydrogen) atoms. The van der Waals surface area contributed by atoms with Crippen LogP contribution < -0.4 is 10.6 Å². The molecule has 0 saturated carbocycles. The number of unbranched alkanes of at least 4 members (excludes halogenated alkanes) is 1. The van der Waals surface area contributed by atoms with Gasteiger partial charge in [0, 0.05) is 20.3 Å². The van der Waals surface area contributed by atoms with Crippen molar-refractivity contribution in [1.29, 1.82) is 0 Å². The zero-order valence-corrected chi connectivity index (χ0v) is 10.4. The largest absolute Gasteiger partial charge is 0.385 e. The van der Waals surface area contributed by atoms with Gasteiger partial charge in [0.15, 0.2) is 0 Å². The number of hydrogen-bond donors (Lipinski definition) is 2. The minimum Gasteiger partial charge on any atom is -0.385 e. The molecule has 0 aliphatic carbocycles. The summed E-state index contributed by atoms with van der Waals surface area (Å²) in [7, 11) is 1.70. The summed E-state index contributed by atoms with van der Waals surface area (Å²) in [6, 6.07) is 0.0103. The summed E-state index contributed by atoms with van der Waals surface area (Å²) in [5, 5.41) is 6.27. The summed E-state index contributed by atoms with van der Waals surface area (Å²) in [5.41, 5.74) is 0. The van der Waals surface area contributed by atoms with Crippen molar-refractivity contribution in [2.75, 3.05) is 26.8 Å². The molecular weight excluding hydrogens is 204 g/mol. The monoisotopic (exact) mass is 228 g/mol. The maximum Gasteiger partial charge on any atom is 0.237 e. The van der Waals surface area contributed by atoms with E-state index < -0.39 is 0 Å². The van der Waals surface area contributed by atoms with E-state index in [0.717, 1.165) is 39.0 Å². The summed E-state index contributed by atoms with van der Waals surface area (Å²) in [6.07, 6.45) is 4.32. The van der Waals surface area contributed by atoms with Crippen LogP contribution in [0.2, 0.25) is 0 Å². The van der Waals surface area contributed by atoms with Crippen molar-refractivity contribution in [3.8, 4) is 0 Å². The minimum absolute atomic E-state index is 0.0103. The number of carbonyl (C=O) groups excluding carboxylic acids is 1. The van der Waals surface area contributed by atoms with Crippen LogP contribution in [0.15, 0.2) is 0 Å². The number of hydrogen-bond acceptors (Lipinski definition) is 3. The lowest BCUT2D eigenvalue weighted by Crippen LogP contribution is -2.51. The van der Waals surface area contributed by atoms with E-state index in [4.69, 9.17) is 4.74 Å². The maximum atomic E-state index is 11.8. The van der Waals surface area contributed by atoms with E-state index in [-0.39, 0.29) is 11.9 Å². The molecule has 4 heteroatoms. The van der Waals surface area contributed by atoms with E-state index in [0.29, 0.717) is 5.92 Å². The summed E-state index contributed by atoms with van der Waals surface area (Å²) in [5.74, 6) is 0.609. The zero-order chi connectivity index (χ0) is 11.8. The lowest BCUT2D eigenvalue weighted by Gasteiger charge is -2.28. The molecule has 94 valence electrons. The topological polar surface area (TPSA) is 50.4 Å². The Balaban J connectivity index is 2.13. The molecular formula is C12H24N2O2. The van der Waals surface area contributed by atoms with Crippen LogP contribution in [0, 0.1) is 5.92 Å². The predicted octanol–water partition coefficient (Wildman–Crippen LogP) is 0.917. The average molecular weight is 228 g/mol. The van der Waals surface area contributed by atoms with E-state index in [1.54, 1.807) is 7.11 Å². The van der Waals surface area contributed by atoms with E-state index >= 15 is 0 Å². The average Bonchev–Trinajstić information content (AvgIpc) is 2.29. The van der Waals surface area contributed by atoms with Crippen molar-refractivity contribution in [2.24, 2.45) is 5.92 Å². The number of nitrogens with one attached hydrogen (secondary N) is 2. The smallest absolute Gasteiger partial charge is 0.237 e. The Morgan fingerprint density at radius 1 is 1.50 bits per heavy atom. The van der Waals surface area contributed by atoms with Crippen LogP contribution in [-0.4, -0.2) is 38.8 Å². The second-order valence-corrected chi connectivity index (χ2v) is 4.54. The Kier molecular flexibility index (Phi) is 6.42. The van der Waals surface area contributed by atoms with E-state index in [9.17, 15) is 4.79 Å². The Morgan fingerprint density at radius 2 is 2.31 bits per heavy atom. The molecule has 0 aromatic heterocycles. The van der Waals surface area contributed by atoms with Crippen molar-refractivity contribution in [1.82, 2.24) is 10.6 Å². The van der Waals surface area contributed by atoms with E-state index in [2.05, 4.69) is 17.6 Å². The van der Waals surface area contributed by atoms with Crippen LogP contribution in [0.25, 0.3) is 0 Å². The van der Waals surface area contributed by atoms with Gasteiger partial charge in [-0.25, -0.2) is 0 Å². The normalized spacial score (nSPS) is 25.4. The van der Waals surface area contributed by atoms with Crippen molar-refractivity contribution in [3.63, 3.8) is 0 Å². The number of piperidine rings is 1. The highest BCUT2D eigenvalue weighted by Gasteiger charge is 2.26. The fraction of sp³-hybridized carbons (Fsp3) is 0.917. The first-order chi connectivity index (χ1) is 7.75. The third-order valence-electron chi connectivity index (χ3n) is 3.13. The molecule has 2 unspecified atom stereocenters. The number of amides is 1. The molecule has 1 aliphatic rings. The standard InChI is InChI=1S/C12H24N2O2/c1-10-6-5-8-13-11(10)12(15)14-7-3-4-9-16-2/h10-11,13H,3-9H2,1-2H3,(H,14,15). The number of ether oxygens (including phenoxy) is 1. The minimum atomic E-state index is 0.0103. The van der Waals surface area contributed by atoms with Crippen LogP contribution in [0.3, 0.4) is 0 Å². The fourth-order valence-corrected chi connectivity index (χ4v) is 2.09. The first-order valence-corrected chi connectivity index (χ1v) is 6.25. The van der Waals surface area contributed by atoms with Gasteiger partial charge in [-0.3, -0.25) is 4.79 Å². The van der Waals surface area contributed by atoms with Crippen LogP contribution >= 0.6 is 0 Å². The molecule has 0 aromatic carbocycles. The van der Waals surface area contributed by atoms with Gasteiger partial charge in [-0.2, -0.15) is 0 Å². The molecule has 4 nitrogen and oxygen atoms in total. The van der Waals surface area contributed by atoms with Crippen molar-refractivity contribution < 1.29 is 9.53 Å². The quantitative estimate of drug-likeness (QED) is 0.665. The Hall–Kier alpha value is -0.610. The van der Waals surface area contributed by atoms with Crippen LogP contribution in [-0.2, 0) is 9.53 Å². The molecule has 0 aromatic rings. The molecule has 1 rings (SSSR count). The molecule has 1 heterocycles. The number of methoxy groups -OCH3 is 1. The Bertz CT molecular complexity index is 209. The predicted molar refractivity (Wildman–Crippen MR) is 64.3 cm³/mol. The molecule has 1 fully saturated rings. The SMILES string of the molecule is COCCCCNC(=O)C1NCCCC1C. The molecule has 2 atom stereocenters. The lowest BCUT2D eigenvalue weighted by atomic mass is 9.92. The van der Waals surface area contributed by atoms with E-state index in [1.165, 1.54) is 6.42 Å². The van der Waals surface area contributed by atoms with Crippen LogP contribution in [0.1, 0.15) is 32.6 Å². The van der Waals surface area contributed by atoms with Crippen molar-refractivity contribution in [3.05, 3.63) is 0 Å².